The van der Waals surface area contributed by atoms with Crippen LogP contribution in [0.4, 0.5) is 4.39 Å². The minimum absolute atomic E-state index is 0. The van der Waals surface area contributed by atoms with Crippen molar-refractivity contribution in [3.8, 4) is 0 Å². The fourth-order valence-corrected chi connectivity index (χ4v) is 1.80. The van der Waals surface area contributed by atoms with Crippen molar-refractivity contribution >= 4 is 12.4 Å². The number of rotatable bonds is 3. The van der Waals surface area contributed by atoms with Crippen LogP contribution in [0.2, 0.25) is 0 Å². The van der Waals surface area contributed by atoms with E-state index in [9.17, 15) is 4.39 Å². The SMILES string of the molecule is Cl.Fc1cccc(COC2CCNCC2)c1. The number of ether oxygens (including phenoxy) is 1. The zero-order valence-corrected chi connectivity index (χ0v) is 9.93. The Hall–Kier alpha value is -0.640. The predicted octanol–water partition coefficient (Wildman–Crippen LogP) is 2.52. The normalized spacial score (nSPS) is 16.8. The number of hydrogen-bond donors (Lipinski definition) is 1. The Morgan fingerprint density at radius 1 is 1.31 bits per heavy atom. The zero-order valence-electron chi connectivity index (χ0n) is 9.12. The number of piperidine rings is 1. The van der Waals surface area contributed by atoms with Crippen molar-refractivity contribution < 1.29 is 9.13 Å². The molecule has 1 aliphatic heterocycles. The molecule has 0 aliphatic carbocycles. The van der Waals surface area contributed by atoms with Gasteiger partial charge in [-0.2, -0.15) is 0 Å². The van der Waals surface area contributed by atoms with Crippen LogP contribution in [0, 0.1) is 5.82 Å². The maximum Gasteiger partial charge on any atom is 0.123 e. The van der Waals surface area contributed by atoms with Gasteiger partial charge in [0.1, 0.15) is 5.82 Å². The van der Waals surface area contributed by atoms with E-state index >= 15 is 0 Å². The summed E-state index contributed by atoms with van der Waals surface area (Å²) in [5, 5.41) is 3.28. The summed E-state index contributed by atoms with van der Waals surface area (Å²) in [5.74, 6) is -0.193. The first kappa shape index (κ1) is 13.4. The highest BCUT2D eigenvalue weighted by Crippen LogP contribution is 2.11. The molecule has 90 valence electrons. The molecular weight excluding hydrogens is 229 g/mol. The third-order valence-corrected chi connectivity index (χ3v) is 2.66. The second-order valence-electron chi connectivity index (χ2n) is 3.89. The molecule has 1 fully saturated rings. The van der Waals surface area contributed by atoms with Gasteiger partial charge in [-0.25, -0.2) is 4.39 Å². The van der Waals surface area contributed by atoms with Crippen LogP contribution in [0.25, 0.3) is 0 Å². The predicted molar refractivity (Wildman–Crippen MR) is 64.3 cm³/mol. The summed E-state index contributed by atoms with van der Waals surface area (Å²) in [7, 11) is 0. The van der Waals surface area contributed by atoms with E-state index < -0.39 is 0 Å². The van der Waals surface area contributed by atoms with Gasteiger partial charge in [-0.15, -0.1) is 12.4 Å². The lowest BCUT2D eigenvalue weighted by atomic mass is 10.1. The Morgan fingerprint density at radius 2 is 2.06 bits per heavy atom. The molecule has 0 bridgehead atoms. The number of hydrogen-bond acceptors (Lipinski definition) is 2. The monoisotopic (exact) mass is 245 g/mol. The summed E-state index contributed by atoms with van der Waals surface area (Å²) >= 11 is 0. The highest BCUT2D eigenvalue weighted by Gasteiger charge is 2.12. The van der Waals surface area contributed by atoms with Crippen molar-refractivity contribution in [1.82, 2.24) is 5.32 Å². The van der Waals surface area contributed by atoms with Crippen LogP contribution in [0.1, 0.15) is 18.4 Å². The number of halogens is 2. The molecule has 0 radical (unpaired) electrons. The van der Waals surface area contributed by atoms with E-state index in [1.165, 1.54) is 12.1 Å². The van der Waals surface area contributed by atoms with Gasteiger partial charge in [-0.3, -0.25) is 0 Å². The second-order valence-corrected chi connectivity index (χ2v) is 3.89. The summed E-state index contributed by atoms with van der Waals surface area (Å²) in [4.78, 5) is 0. The molecule has 0 amide bonds. The minimum Gasteiger partial charge on any atom is -0.373 e. The molecule has 0 unspecified atom stereocenters. The number of nitrogens with one attached hydrogen (secondary N) is 1. The second kappa shape index (κ2) is 6.84. The average Bonchev–Trinajstić information content (AvgIpc) is 2.28. The molecule has 1 aromatic carbocycles. The van der Waals surface area contributed by atoms with Crippen molar-refractivity contribution in [1.29, 1.82) is 0 Å². The fourth-order valence-electron chi connectivity index (χ4n) is 1.80. The molecule has 1 saturated heterocycles. The van der Waals surface area contributed by atoms with E-state index in [1.54, 1.807) is 6.07 Å². The smallest absolute Gasteiger partial charge is 0.123 e. The molecule has 1 aliphatic rings. The highest BCUT2D eigenvalue weighted by atomic mass is 35.5. The van der Waals surface area contributed by atoms with Crippen LogP contribution in [-0.4, -0.2) is 19.2 Å². The van der Waals surface area contributed by atoms with E-state index in [4.69, 9.17) is 4.74 Å². The van der Waals surface area contributed by atoms with Gasteiger partial charge in [0.15, 0.2) is 0 Å². The van der Waals surface area contributed by atoms with Gasteiger partial charge in [0.05, 0.1) is 12.7 Å². The van der Waals surface area contributed by atoms with Crippen LogP contribution < -0.4 is 5.32 Å². The molecule has 0 spiro atoms. The molecule has 1 aromatic rings. The van der Waals surface area contributed by atoms with E-state index in [2.05, 4.69) is 5.32 Å². The molecule has 0 atom stereocenters. The molecule has 4 heteroatoms. The van der Waals surface area contributed by atoms with E-state index in [0.29, 0.717) is 12.7 Å². The summed E-state index contributed by atoms with van der Waals surface area (Å²) < 4.78 is 18.6. The van der Waals surface area contributed by atoms with Gasteiger partial charge in [0.25, 0.3) is 0 Å². The van der Waals surface area contributed by atoms with Crippen LogP contribution in [0.15, 0.2) is 24.3 Å². The van der Waals surface area contributed by atoms with Crippen LogP contribution in [0.3, 0.4) is 0 Å². The van der Waals surface area contributed by atoms with Crippen LogP contribution in [0.5, 0.6) is 0 Å². The lowest BCUT2D eigenvalue weighted by Gasteiger charge is -2.22. The Balaban J connectivity index is 0.00000128. The summed E-state index contributed by atoms with van der Waals surface area (Å²) in [5.41, 5.74) is 0.911. The van der Waals surface area contributed by atoms with E-state index in [-0.39, 0.29) is 18.2 Å². The molecule has 2 rings (SSSR count). The van der Waals surface area contributed by atoms with Crippen molar-refractivity contribution in [2.75, 3.05) is 13.1 Å². The average molecular weight is 246 g/mol. The first-order chi connectivity index (χ1) is 7.34. The molecule has 1 N–H and O–H groups in total. The largest absolute Gasteiger partial charge is 0.373 e. The van der Waals surface area contributed by atoms with Gasteiger partial charge in [-0.05, 0) is 43.6 Å². The molecule has 0 aromatic heterocycles. The standard InChI is InChI=1S/C12H16FNO.ClH/c13-11-3-1-2-10(8-11)9-15-12-4-6-14-7-5-12;/h1-3,8,12,14H,4-7,9H2;1H. The van der Waals surface area contributed by atoms with Crippen LogP contribution in [-0.2, 0) is 11.3 Å². The Bertz CT molecular complexity index is 316. The summed E-state index contributed by atoms with van der Waals surface area (Å²) in [6, 6.07) is 6.59. The van der Waals surface area contributed by atoms with Gasteiger partial charge in [0, 0.05) is 0 Å². The van der Waals surface area contributed by atoms with E-state index in [1.807, 2.05) is 6.07 Å². The molecule has 16 heavy (non-hydrogen) atoms. The maximum absolute atomic E-state index is 12.9. The number of benzene rings is 1. The third kappa shape index (κ3) is 4.08. The van der Waals surface area contributed by atoms with Crippen molar-refractivity contribution in [3.63, 3.8) is 0 Å². The van der Waals surface area contributed by atoms with E-state index in [0.717, 1.165) is 31.5 Å². The van der Waals surface area contributed by atoms with Crippen molar-refractivity contribution in [2.24, 2.45) is 0 Å². The zero-order chi connectivity index (χ0) is 10.5. The Kier molecular flexibility index (Phi) is 5.74. The van der Waals surface area contributed by atoms with Crippen LogP contribution >= 0.6 is 12.4 Å². The summed E-state index contributed by atoms with van der Waals surface area (Å²) in [6.07, 6.45) is 2.43. The quantitative estimate of drug-likeness (QED) is 0.884. The molecule has 2 nitrogen and oxygen atoms in total. The van der Waals surface area contributed by atoms with Gasteiger partial charge in [-0.1, -0.05) is 12.1 Å². The molecule has 1 heterocycles. The lowest BCUT2D eigenvalue weighted by Crippen LogP contribution is -2.32. The fraction of sp³-hybridized carbons (Fsp3) is 0.500. The lowest BCUT2D eigenvalue weighted by molar-refractivity contribution is 0.0211. The first-order valence-electron chi connectivity index (χ1n) is 5.41. The Labute approximate surface area is 102 Å². The molecular formula is C12H17ClFNO. The van der Waals surface area contributed by atoms with Crippen molar-refractivity contribution in [2.45, 2.75) is 25.6 Å². The Morgan fingerprint density at radius 3 is 2.75 bits per heavy atom. The maximum atomic E-state index is 12.9. The first-order valence-corrected chi connectivity index (χ1v) is 5.41. The minimum atomic E-state index is -0.193. The van der Waals surface area contributed by atoms with Gasteiger partial charge < -0.3 is 10.1 Å². The van der Waals surface area contributed by atoms with Crippen molar-refractivity contribution in [3.05, 3.63) is 35.6 Å². The van der Waals surface area contributed by atoms with Gasteiger partial charge >= 0.3 is 0 Å². The topological polar surface area (TPSA) is 21.3 Å². The summed E-state index contributed by atoms with van der Waals surface area (Å²) in [6.45, 7) is 2.56. The molecule has 0 saturated carbocycles. The third-order valence-electron chi connectivity index (χ3n) is 2.66. The van der Waals surface area contributed by atoms with Gasteiger partial charge in [0.2, 0.25) is 0 Å². The highest BCUT2D eigenvalue weighted by molar-refractivity contribution is 5.85.